The van der Waals surface area contributed by atoms with Crippen LogP contribution in [0.4, 0.5) is 28.7 Å². The monoisotopic (exact) mass is 987 g/mol. The van der Waals surface area contributed by atoms with Gasteiger partial charge in [-0.3, -0.25) is 48.8 Å². The fourth-order valence-corrected chi connectivity index (χ4v) is 13.2. The highest BCUT2D eigenvalue weighted by Crippen LogP contribution is 2.52. The van der Waals surface area contributed by atoms with Crippen molar-refractivity contribution in [3.05, 3.63) is 111 Å². The number of aromatic nitrogens is 4. The van der Waals surface area contributed by atoms with Gasteiger partial charge in [0.2, 0.25) is 11.8 Å². The average molecular weight is 988 g/mol. The normalized spacial score (nSPS) is 22.7. The Kier molecular flexibility index (Phi) is 11.2. The topological polar surface area (TPSA) is 199 Å². The van der Waals surface area contributed by atoms with Crippen LogP contribution in [-0.4, -0.2) is 121 Å². The molecule has 0 radical (unpaired) electrons. The summed E-state index contributed by atoms with van der Waals surface area (Å²) in [4.78, 5) is 97.9. The van der Waals surface area contributed by atoms with E-state index >= 15 is 0 Å². The fraction of sp³-hybridized carbons (Fsp3) is 0.455. The minimum atomic E-state index is -0.980. The first kappa shape index (κ1) is 46.9. The van der Waals surface area contributed by atoms with Gasteiger partial charge in [0.15, 0.2) is 0 Å². The van der Waals surface area contributed by atoms with Gasteiger partial charge in [-0.15, -0.1) is 0 Å². The highest BCUT2D eigenvalue weighted by molar-refractivity contribution is 6.23. The Balaban J connectivity index is 0.656. The lowest BCUT2D eigenvalue weighted by atomic mass is 9.60. The number of benzene rings is 1. The minimum absolute atomic E-state index is 0.0875. The predicted octanol–water partition coefficient (Wildman–Crippen LogP) is 5.03. The first-order valence-corrected chi connectivity index (χ1v) is 25.7. The summed E-state index contributed by atoms with van der Waals surface area (Å²) in [7, 11) is 1.69. The number of aliphatic hydroxyl groups is 1. The second-order valence-electron chi connectivity index (χ2n) is 22.3. The Bertz CT molecular complexity index is 3200. The van der Waals surface area contributed by atoms with E-state index in [9.17, 15) is 33.9 Å². The van der Waals surface area contributed by atoms with Crippen molar-refractivity contribution in [3.63, 3.8) is 0 Å². The number of amides is 5. The van der Waals surface area contributed by atoms with Crippen LogP contribution in [0.15, 0.2) is 71.9 Å². The highest BCUT2D eigenvalue weighted by Gasteiger charge is 2.49. The van der Waals surface area contributed by atoms with Gasteiger partial charge in [-0.2, -0.15) is 0 Å². The van der Waals surface area contributed by atoms with E-state index in [1.807, 2.05) is 36.5 Å². The van der Waals surface area contributed by atoms with Crippen LogP contribution in [0.1, 0.15) is 107 Å². The van der Waals surface area contributed by atoms with E-state index in [2.05, 4.69) is 55.7 Å². The summed E-state index contributed by atoms with van der Waals surface area (Å²) < 4.78 is 3.67. The van der Waals surface area contributed by atoms with Crippen LogP contribution in [0, 0.1) is 10.8 Å². The van der Waals surface area contributed by atoms with E-state index in [0.29, 0.717) is 75.4 Å². The molecule has 7 aliphatic rings. The van der Waals surface area contributed by atoms with Gasteiger partial charge in [-0.1, -0.05) is 13.8 Å². The van der Waals surface area contributed by atoms with Crippen molar-refractivity contribution >= 4 is 58.2 Å². The molecule has 5 aliphatic heterocycles. The van der Waals surface area contributed by atoms with Gasteiger partial charge in [0.1, 0.15) is 29.1 Å². The minimum Gasteiger partial charge on any atom is -0.392 e. The van der Waals surface area contributed by atoms with Gasteiger partial charge < -0.3 is 29.4 Å². The molecule has 2 atom stereocenters. The van der Waals surface area contributed by atoms with Crippen molar-refractivity contribution < 1.29 is 29.1 Å². The number of aryl methyl sites for hydroxylation is 1. The molecule has 1 saturated carbocycles. The number of nitrogens with one attached hydrogen (secondary N) is 2. The summed E-state index contributed by atoms with van der Waals surface area (Å²) in [5, 5.41) is 16.3. The Hall–Kier alpha value is -7.18. The zero-order valence-electron chi connectivity index (χ0n) is 41.8. The molecule has 378 valence electrons. The molecular weight excluding hydrogens is 927 g/mol. The quantitative estimate of drug-likeness (QED) is 0.167. The van der Waals surface area contributed by atoms with Gasteiger partial charge >= 0.3 is 0 Å². The van der Waals surface area contributed by atoms with Crippen LogP contribution in [0.25, 0.3) is 11.1 Å². The largest absolute Gasteiger partial charge is 0.392 e. The summed E-state index contributed by atoms with van der Waals surface area (Å²) in [5.41, 5.74) is 8.12. The average Bonchev–Trinajstić information content (AvgIpc) is 3.95. The molecule has 2 aliphatic carbocycles. The Morgan fingerprint density at radius 1 is 0.822 bits per heavy atom. The third-order valence-corrected chi connectivity index (χ3v) is 17.0. The van der Waals surface area contributed by atoms with Gasteiger partial charge in [0, 0.05) is 106 Å². The van der Waals surface area contributed by atoms with E-state index in [1.54, 1.807) is 42.5 Å². The number of hydrogen-bond donors (Lipinski definition) is 3. The van der Waals surface area contributed by atoms with Crippen LogP contribution < -0.4 is 30.9 Å². The Morgan fingerprint density at radius 3 is 2.34 bits per heavy atom. The number of carbonyl (C=O) groups excluding carboxylic acids is 5. The zero-order chi connectivity index (χ0) is 50.7. The van der Waals surface area contributed by atoms with Gasteiger partial charge in [-0.05, 0) is 122 Å². The summed E-state index contributed by atoms with van der Waals surface area (Å²) in [5.74, 6) is -1.15. The maximum Gasteiger partial charge on any atom is 0.276 e. The summed E-state index contributed by atoms with van der Waals surface area (Å²) >= 11 is 0. The lowest BCUT2D eigenvalue weighted by molar-refractivity contribution is -0.136. The first-order chi connectivity index (χ1) is 35.1. The number of pyridine rings is 3. The van der Waals surface area contributed by atoms with Crippen molar-refractivity contribution in [2.24, 2.45) is 17.9 Å². The van der Waals surface area contributed by atoms with Crippen LogP contribution in [0.3, 0.4) is 0 Å². The number of fused-ring (bicyclic) bond motifs is 4. The lowest BCUT2D eigenvalue weighted by Gasteiger charge is -2.57. The molecule has 1 aromatic carbocycles. The molecule has 5 aromatic rings. The van der Waals surface area contributed by atoms with Gasteiger partial charge in [-0.25, -0.2) is 9.97 Å². The van der Waals surface area contributed by atoms with Crippen LogP contribution in [-0.2, 0) is 42.6 Å². The van der Waals surface area contributed by atoms with Crippen molar-refractivity contribution in [2.45, 2.75) is 103 Å². The molecule has 3 N–H and O–H groups in total. The Labute approximate surface area is 423 Å². The number of hydrogen-bond acceptors (Lipinski definition) is 13. The molecule has 18 heteroatoms. The second-order valence-corrected chi connectivity index (χ2v) is 22.3. The number of rotatable bonds is 9. The summed E-state index contributed by atoms with van der Waals surface area (Å²) in [6.07, 6.45) is 11.8. The number of nitrogens with zero attached hydrogens (tertiary/aromatic N) is 9. The predicted molar refractivity (Wildman–Crippen MR) is 274 cm³/mol. The molecule has 9 heterocycles. The van der Waals surface area contributed by atoms with Crippen molar-refractivity contribution in [2.75, 3.05) is 59.3 Å². The third kappa shape index (κ3) is 8.00. The SMILES string of the molecule is C[C@H]1CN(C2CC3(CCN(c4ccc5c(c4)C(=O)N(C4CCC(=O)NC4=O)C5=O)CC3)C2)CCN1c1ccc(Nc2cc(-c3ccnc(N4CCn5c(cc6c5CC(C)(C)C6)C4=O)c3CO)cn(C)c2=O)nc1. The number of carbonyl (C=O) groups is 5. The molecule has 4 fully saturated rings. The molecular formula is C55H61N11O7. The van der Waals surface area contributed by atoms with Gasteiger partial charge in [0.05, 0.1) is 29.6 Å². The van der Waals surface area contributed by atoms with E-state index in [0.717, 1.165) is 87.5 Å². The number of imide groups is 2. The van der Waals surface area contributed by atoms with E-state index in [-0.39, 0.29) is 42.4 Å². The molecule has 0 bridgehead atoms. The van der Waals surface area contributed by atoms with Gasteiger partial charge in [0.25, 0.3) is 23.3 Å². The number of piperidine rings is 2. The maximum absolute atomic E-state index is 14.0. The number of anilines is 5. The summed E-state index contributed by atoms with van der Waals surface area (Å²) in [6.45, 7) is 12.0. The van der Waals surface area contributed by atoms with Crippen LogP contribution in [0.2, 0.25) is 0 Å². The lowest BCUT2D eigenvalue weighted by Crippen LogP contribution is -2.61. The van der Waals surface area contributed by atoms with E-state index < -0.39 is 29.7 Å². The molecule has 4 aromatic heterocycles. The van der Waals surface area contributed by atoms with E-state index in [4.69, 9.17) is 4.98 Å². The van der Waals surface area contributed by atoms with E-state index in [1.165, 1.54) is 15.8 Å². The van der Waals surface area contributed by atoms with Crippen molar-refractivity contribution in [3.8, 4) is 11.1 Å². The number of aliphatic hydroxyl groups excluding tert-OH is 1. The van der Waals surface area contributed by atoms with Crippen molar-refractivity contribution in [1.82, 2.24) is 34.2 Å². The molecule has 3 saturated heterocycles. The van der Waals surface area contributed by atoms with Crippen LogP contribution in [0.5, 0.6) is 0 Å². The molecule has 18 nitrogen and oxygen atoms in total. The molecule has 73 heavy (non-hydrogen) atoms. The standard InChI is InChI=1S/C55H61N11O7/c1-32-29-62(37-25-55(26-37)12-15-61(16-13-55)35-5-7-39-40(23-35)51(71)66(50(39)70)43-8-10-47(68)59-49(43)69)17-18-63(32)36-6-9-46(57-28-36)58-42-21-34(30-60(4)52(42)72)38-11-14-56-48(41(38)31-67)65-20-19-64-44(53(65)73)22-33-24-54(2,3)27-45(33)64/h5-7,9,11,14,21-23,28,30,32,37,43,67H,8,10,12-13,15-20,24-27,29,31H2,1-4H3,(H,57,58)(H,59,68,69)/t32-,43?/m0/s1. The molecule has 1 unspecified atom stereocenters. The fourth-order valence-electron chi connectivity index (χ4n) is 13.2. The third-order valence-electron chi connectivity index (χ3n) is 17.0. The molecule has 1 spiro atoms. The smallest absolute Gasteiger partial charge is 0.276 e. The molecule has 5 amide bonds. The highest BCUT2D eigenvalue weighted by atomic mass is 16.3. The Morgan fingerprint density at radius 2 is 1.60 bits per heavy atom. The second kappa shape index (κ2) is 17.5. The maximum atomic E-state index is 14.0. The summed E-state index contributed by atoms with van der Waals surface area (Å²) in [6, 6.07) is 14.8. The zero-order valence-corrected chi connectivity index (χ0v) is 41.8. The first-order valence-electron chi connectivity index (χ1n) is 25.7. The van der Waals surface area contributed by atoms with Crippen molar-refractivity contribution in [1.29, 1.82) is 0 Å². The number of piperazine rings is 1. The molecule has 12 rings (SSSR count). The van der Waals surface area contributed by atoms with Crippen LogP contribution >= 0.6 is 0 Å².